The molecule has 4 heteroatoms. The van der Waals surface area contributed by atoms with Gasteiger partial charge in [0.15, 0.2) is 5.79 Å². The van der Waals surface area contributed by atoms with Crippen molar-refractivity contribution in [3.05, 3.63) is 30.3 Å². The highest BCUT2D eigenvalue weighted by Crippen LogP contribution is 2.34. The summed E-state index contributed by atoms with van der Waals surface area (Å²) in [6.07, 6.45) is 3.37. The highest BCUT2D eigenvalue weighted by atomic mass is 32.2. The molecule has 0 radical (unpaired) electrons. The Labute approximate surface area is 141 Å². The zero-order valence-corrected chi connectivity index (χ0v) is 16.2. The highest BCUT2D eigenvalue weighted by molar-refractivity contribution is 7.99. The molecule has 2 nitrogen and oxygen atoms in total. The van der Waals surface area contributed by atoms with Crippen molar-refractivity contribution in [3.63, 3.8) is 0 Å². The molecule has 0 aromatic heterocycles. The maximum atomic E-state index is 6.08. The van der Waals surface area contributed by atoms with Crippen LogP contribution in [0.2, 0.25) is 25.2 Å². The van der Waals surface area contributed by atoms with Crippen LogP contribution in [0.25, 0.3) is 0 Å². The SMILES string of the molecule is CC1(CCCCSc2ccccc2)OCC([Si](C)(C)C)CO1. The Morgan fingerprint density at radius 1 is 1.09 bits per heavy atom. The molecule has 1 heterocycles. The van der Waals surface area contributed by atoms with E-state index in [2.05, 4.69) is 56.9 Å². The fraction of sp³-hybridized carbons (Fsp3) is 0.667. The third-order valence-electron chi connectivity index (χ3n) is 4.44. The summed E-state index contributed by atoms with van der Waals surface area (Å²) in [7, 11) is -1.15. The lowest BCUT2D eigenvalue weighted by Gasteiger charge is -2.41. The van der Waals surface area contributed by atoms with Crippen molar-refractivity contribution in [2.75, 3.05) is 19.0 Å². The molecule has 1 aromatic rings. The molecular formula is C18H30O2SSi. The van der Waals surface area contributed by atoms with Crippen molar-refractivity contribution in [2.24, 2.45) is 0 Å². The Hall–Kier alpha value is -0.293. The van der Waals surface area contributed by atoms with Crippen LogP contribution in [0.15, 0.2) is 35.2 Å². The van der Waals surface area contributed by atoms with Gasteiger partial charge in [0.25, 0.3) is 0 Å². The van der Waals surface area contributed by atoms with Crippen molar-refractivity contribution in [1.29, 1.82) is 0 Å². The average Bonchev–Trinajstić information content (AvgIpc) is 2.47. The van der Waals surface area contributed by atoms with E-state index < -0.39 is 8.07 Å². The first-order valence-electron chi connectivity index (χ1n) is 8.35. The Bertz CT molecular complexity index is 436. The minimum absolute atomic E-state index is 0.354. The van der Waals surface area contributed by atoms with E-state index in [1.54, 1.807) is 0 Å². The zero-order chi connectivity index (χ0) is 16.1. The monoisotopic (exact) mass is 338 g/mol. The molecule has 0 unspecified atom stereocenters. The topological polar surface area (TPSA) is 18.5 Å². The minimum atomic E-state index is -1.15. The fourth-order valence-electron chi connectivity index (χ4n) is 2.54. The molecule has 1 aromatic carbocycles. The van der Waals surface area contributed by atoms with Crippen molar-refractivity contribution in [1.82, 2.24) is 0 Å². The molecule has 0 spiro atoms. The van der Waals surface area contributed by atoms with Crippen LogP contribution in [0.3, 0.4) is 0 Å². The van der Waals surface area contributed by atoms with Crippen molar-refractivity contribution in [3.8, 4) is 0 Å². The van der Waals surface area contributed by atoms with Gasteiger partial charge >= 0.3 is 0 Å². The third-order valence-corrected chi connectivity index (χ3v) is 8.32. The van der Waals surface area contributed by atoms with Crippen LogP contribution in [0.4, 0.5) is 0 Å². The molecule has 0 amide bonds. The second-order valence-electron chi connectivity index (χ2n) is 7.44. The number of unbranched alkanes of at least 4 members (excludes halogenated alkanes) is 1. The lowest BCUT2D eigenvalue weighted by molar-refractivity contribution is -0.259. The van der Waals surface area contributed by atoms with Gasteiger partial charge in [0, 0.05) is 16.9 Å². The molecule has 0 bridgehead atoms. The van der Waals surface area contributed by atoms with Gasteiger partial charge in [-0.1, -0.05) is 37.8 Å². The summed E-state index contributed by atoms with van der Waals surface area (Å²) in [6.45, 7) is 11.1. The largest absolute Gasteiger partial charge is 0.350 e. The number of hydrogen-bond donors (Lipinski definition) is 0. The van der Waals surface area contributed by atoms with E-state index in [0.29, 0.717) is 5.54 Å². The van der Waals surface area contributed by atoms with Crippen LogP contribution in [-0.4, -0.2) is 32.8 Å². The third kappa shape index (κ3) is 5.73. The molecule has 0 atom stereocenters. The standard InChI is InChI=1S/C18H30O2SSi/c1-18(19-14-17(15-20-18)22(2,3)4)12-8-9-13-21-16-10-6-5-7-11-16/h5-7,10-11,17H,8-9,12-15H2,1-4H3. The molecule has 2 rings (SSSR count). The van der Waals surface area contributed by atoms with Gasteiger partial charge in [0.2, 0.25) is 0 Å². The van der Waals surface area contributed by atoms with Crippen LogP contribution < -0.4 is 0 Å². The lowest BCUT2D eigenvalue weighted by atomic mass is 10.1. The predicted octanol–water partition coefficient (Wildman–Crippen LogP) is 5.42. The highest BCUT2D eigenvalue weighted by Gasteiger charge is 2.37. The molecule has 1 saturated heterocycles. The molecule has 1 aliphatic heterocycles. The Balaban J connectivity index is 1.63. The first kappa shape index (κ1) is 18.1. The van der Waals surface area contributed by atoms with E-state index in [-0.39, 0.29) is 5.79 Å². The molecule has 0 aliphatic carbocycles. The summed E-state index contributed by atoms with van der Waals surface area (Å²) in [4.78, 5) is 1.36. The average molecular weight is 339 g/mol. The van der Waals surface area contributed by atoms with Crippen molar-refractivity contribution < 1.29 is 9.47 Å². The summed E-state index contributed by atoms with van der Waals surface area (Å²) >= 11 is 1.93. The van der Waals surface area contributed by atoms with Crippen LogP contribution in [0, 0.1) is 0 Å². The zero-order valence-electron chi connectivity index (χ0n) is 14.4. The molecule has 1 aliphatic rings. The number of hydrogen-bond acceptors (Lipinski definition) is 3. The number of benzene rings is 1. The second-order valence-corrected chi connectivity index (χ2v) is 14.2. The van der Waals surface area contributed by atoms with E-state index in [9.17, 15) is 0 Å². The molecule has 22 heavy (non-hydrogen) atoms. The maximum absolute atomic E-state index is 6.08. The first-order chi connectivity index (χ1) is 10.4. The maximum Gasteiger partial charge on any atom is 0.165 e. The van der Waals surface area contributed by atoms with Crippen LogP contribution in [-0.2, 0) is 9.47 Å². The Morgan fingerprint density at radius 2 is 1.73 bits per heavy atom. The summed E-state index contributed by atoms with van der Waals surface area (Å²) < 4.78 is 12.2. The number of rotatable bonds is 7. The number of ether oxygens (including phenoxy) is 2. The second kappa shape index (κ2) is 8.00. The Kier molecular flexibility index (Phi) is 6.56. The summed E-state index contributed by atoms with van der Waals surface area (Å²) in [5.74, 6) is 0.811. The van der Waals surface area contributed by atoms with Gasteiger partial charge in [-0.25, -0.2) is 0 Å². The summed E-state index contributed by atoms with van der Waals surface area (Å²) in [5, 5.41) is 0. The van der Waals surface area contributed by atoms with Crippen molar-refractivity contribution in [2.45, 2.75) is 62.1 Å². The summed E-state index contributed by atoms with van der Waals surface area (Å²) in [6, 6.07) is 10.6. The van der Waals surface area contributed by atoms with Crippen LogP contribution >= 0.6 is 11.8 Å². The predicted molar refractivity (Wildman–Crippen MR) is 98.4 cm³/mol. The van der Waals surface area contributed by atoms with Gasteiger partial charge < -0.3 is 9.47 Å². The van der Waals surface area contributed by atoms with Gasteiger partial charge in [-0.3, -0.25) is 0 Å². The van der Waals surface area contributed by atoms with Crippen LogP contribution in [0.5, 0.6) is 0 Å². The molecule has 1 fully saturated rings. The molecule has 124 valence electrons. The first-order valence-corrected chi connectivity index (χ1v) is 12.9. The van der Waals surface area contributed by atoms with Gasteiger partial charge in [0.1, 0.15) is 0 Å². The summed E-state index contributed by atoms with van der Waals surface area (Å²) in [5.41, 5.74) is 0.634. The molecule has 0 N–H and O–H groups in total. The smallest absolute Gasteiger partial charge is 0.165 e. The van der Waals surface area contributed by atoms with Gasteiger partial charge in [-0.15, -0.1) is 11.8 Å². The van der Waals surface area contributed by atoms with Gasteiger partial charge in [0.05, 0.1) is 21.3 Å². The fourth-order valence-corrected chi connectivity index (χ4v) is 4.64. The van der Waals surface area contributed by atoms with Crippen LogP contribution in [0.1, 0.15) is 26.2 Å². The lowest BCUT2D eigenvalue weighted by Crippen LogP contribution is -2.46. The normalized spacial score (nSPS) is 26.1. The van der Waals surface area contributed by atoms with E-state index >= 15 is 0 Å². The minimum Gasteiger partial charge on any atom is -0.350 e. The van der Waals surface area contributed by atoms with E-state index in [1.165, 1.54) is 11.3 Å². The number of thioether (sulfide) groups is 1. The molecular weight excluding hydrogens is 308 g/mol. The van der Waals surface area contributed by atoms with E-state index in [1.807, 2.05) is 11.8 Å². The van der Waals surface area contributed by atoms with Gasteiger partial charge in [-0.05, 0) is 37.7 Å². The quantitative estimate of drug-likeness (QED) is 0.376. The van der Waals surface area contributed by atoms with Gasteiger partial charge in [-0.2, -0.15) is 0 Å². The Morgan fingerprint density at radius 3 is 2.32 bits per heavy atom. The molecule has 0 saturated carbocycles. The van der Waals surface area contributed by atoms with E-state index in [4.69, 9.17) is 9.47 Å². The van der Waals surface area contributed by atoms with E-state index in [0.717, 1.165) is 31.8 Å². The van der Waals surface area contributed by atoms with Crippen molar-refractivity contribution >= 4 is 19.8 Å².